The lowest BCUT2D eigenvalue weighted by Gasteiger charge is -2.26. The molecule has 0 radical (unpaired) electrons. The van der Waals surface area contributed by atoms with Crippen molar-refractivity contribution >= 4 is 5.97 Å². The zero-order valence-corrected chi connectivity index (χ0v) is 12.8. The Hall–Kier alpha value is -1.55. The molecule has 4 nitrogen and oxygen atoms in total. The molecule has 0 aliphatic carbocycles. The second-order valence-electron chi connectivity index (χ2n) is 5.57. The normalized spacial score (nSPS) is 17.8. The summed E-state index contributed by atoms with van der Waals surface area (Å²) in [5, 5.41) is 0. The molecule has 1 unspecified atom stereocenters. The summed E-state index contributed by atoms with van der Waals surface area (Å²) in [5.74, 6) is 0.567. The summed E-state index contributed by atoms with van der Waals surface area (Å²) in [6.45, 7) is 4.79. The first-order chi connectivity index (χ1) is 10.2. The summed E-state index contributed by atoms with van der Waals surface area (Å²) in [7, 11) is 0. The predicted molar refractivity (Wildman–Crippen MR) is 82.4 cm³/mol. The van der Waals surface area contributed by atoms with Crippen LogP contribution >= 0.6 is 0 Å². The molecule has 1 atom stereocenters. The molecule has 1 aromatic carbocycles. The molecule has 1 saturated heterocycles. The van der Waals surface area contributed by atoms with Crippen LogP contribution in [0.5, 0.6) is 5.75 Å². The number of hydrogen-bond acceptors (Lipinski definition) is 4. The highest BCUT2D eigenvalue weighted by Crippen LogP contribution is 2.13. The third-order valence-electron chi connectivity index (χ3n) is 3.67. The molecule has 0 saturated carbocycles. The van der Waals surface area contributed by atoms with Crippen LogP contribution in [0, 0.1) is 0 Å². The molecule has 4 heteroatoms. The lowest BCUT2D eigenvalue weighted by Crippen LogP contribution is -2.38. The van der Waals surface area contributed by atoms with Crippen molar-refractivity contribution in [1.29, 1.82) is 0 Å². The summed E-state index contributed by atoms with van der Waals surface area (Å²) in [4.78, 5) is 13.7. The monoisotopic (exact) mass is 291 g/mol. The van der Waals surface area contributed by atoms with Crippen LogP contribution in [-0.4, -0.2) is 43.2 Å². The summed E-state index contributed by atoms with van der Waals surface area (Å²) >= 11 is 0. The fraction of sp³-hybridized carbons (Fsp3) is 0.588. The predicted octanol–water partition coefficient (Wildman–Crippen LogP) is 2.87. The van der Waals surface area contributed by atoms with Crippen molar-refractivity contribution in [3.8, 4) is 5.75 Å². The Morgan fingerprint density at radius 1 is 1.14 bits per heavy atom. The molecular weight excluding hydrogens is 266 g/mol. The molecule has 21 heavy (non-hydrogen) atoms. The Kier molecular flexibility index (Phi) is 6.54. The van der Waals surface area contributed by atoms with E-state index in [1.165, 1.54) is 32.6 Å². The van der Waals surface area contributed by atoms with Crippen LogP contribution in [0.15, 0.2) is 30.3 Å². The minimum absolute atomic E-state index is 0.208. The smallest absolute Gasteiger partial charge is 0.303 e. The largest absolute Gasteiger partial charge is 0.490 e. The Morgan fingerprint density at radius 3 is 2.43 bits per heavy atom. The molecule has 0 spiro atoms. The Labute approximate surface area is 127 Å². The van der Waals surface area contributed by atoms with Crippen LogP contribution in [0.4, 0.5) is 0 Å². The molecule has 1 aliphatic rings. The van der Waals surface area contributed by atoms with Gasteiger partial charge in [0, 0.05) is 13.5 Å². The topological polar surface area (TPSA) is 38.8 Å². The van der Waals surface area contributed by atoms with E-state index < -0.39 is 0 Å². The lowest BCUT2D eigenvalue weighted by molar-refractivity contribution is -0.148. The number of hydrogen-bond donors (Lipinski definition) is 0. The average Bonchev–Trinajstić information content (AvgIpc) is 2.74. The van der Waals surface area contributed by atoms with Crippen molar-refractivity contribution in [2.45, 2.75) is 38.7 Å². The van der Waals surface area contributed by atoms with Crippen molar-refractivity contribution in [3.63, 3.8) is 0 Å². The van der Waals surface area contributed by atoms with Gasteiger partial charge in [-0.25, -0.2) is 0 Å². The van der Waals surface area contributed by atoms with E-state index in [1.807, 2.05) is 30.3 Å². The minimum atomic E-state index is -0.244. The fourth-order valence-corrected chi connectivity index (χ4v) is 2.67. The van der Waals surface area contributed by atoms with E-state index in [1.54, 1.807) is 0 Å². The van der Waals surface area contributed by atoms with Crippen LogP contribution in [-0.2, 0) is 9.53 Å². The average molecular weight is 291 g/mol. The van der Waals surface area contributed by atoms with Gasteiger partial charge in [0.15, 0.2) is 0 Å². The molecule has 1 heterocycles. The summed E-state index contributed by atoms with van der Waals surface area (Å²) in [5.41, 5.74) is 0. The van der Waals surface area contributed by atoms with Gasteiger partial charge in [0.05, 0.1) is 0 Å². The molecule has 0 amide bonds. The Bertz CT molecular complexity index is 413. The van der Waals surface area contributed by atoms with Crippen LogP contribution in [0.25, 0.3) is 0 Å². The van der Waals surface area contributed by atoms with Crippen LogP contribution in [0.3, 0.4) is 0 Å². The molecule has 1 aliphatic heterocycles. The first-order valence-electron chi connectivity index (χ1n) is 7.81. The van der Waals surface area contributed by atoms with Crippen molar-refractivity contribution in [2.24, 2.45) is 0 Å². The first kappa shape index (κ1) is 15.8. The van der Waals surface area contributed by atoms with Crippen LogP contribution in [0.2, 0.25) is 0 Å². The highest BCUT2D eigenvalue weighted by atomic mass is 16.6. The summed E-state index contributed by atoms with van der Waals surface area (Å²) < 4.78 is 11.1. The zero-order chi connectivity index (χ0) is 14.9. The number of carbonyl (C=O) groups is 1. The second-order valence-corrected chi connectivity index (χ2v) is 5.57. The van der Waals surface area contributed by atoms with E-state index in [0.29, 0.717) is 6.61 Å². The van der Waals surface area contributed by atoms with Gasteiger partial charge in [-0.1, -0.05) is 31.0 Å². The number of likely N-dealkylation sites (tertiary alicyclic amines) is 1. The molecular formula is C17H25NO3. The summed E-state index contributed by atoms with van der Waals surface area (Å²) in [6, 6.07) is 9.65. The molecule has 1 fully saturated rings. The van der Waals surface area contributed by atoms with Gasteiger partial charge in [-0.15, -0.1) is 0 Å². The van der Waals surface area contributed by atoms with Gasteiger partial charge in [0.1, 0.15) is 18.5 Å². The van der Waals surface area contributed by atoms with E-state index in [2.05, 4.69) is 4.90 Å². The van der Waals surface area contributed by atoms with Gasteiger partial charge in [-0.2, -0.15) is 0 Å². The third-order valence-corrected chi connectivity index (χ3v) is 3.67. The van der Waals surface area contributed by atoms with Gasteiger partial charge in [-0.3, -0.25) is 9.69 Å². The fourth-order valence-electron chi connectivity index (χ4n) is 2.67. The Morgan fingerprint density at radius 2 is 1.81 bits per heavy atom. The van der Waals surface area contributed by atoms with Crippen molar-refractivity contribution in [1.82, 2.24) is 4.90 Å². The maximum absolute atomic E-state index is 11.3. The number of rotatable bonds is 6. The molecule has 2 rings (SSSR count). The van der Waals surface area contributed by atoms with Gasteiger partial charge in [-0.05, 0) is 38.1 Å². The maximum atomic E-state index is 11.3. The van der Waals surface area contributed by atoms with E-state index in [9.17, 15) is 4.79 Å². The Balaban J connectivity index is 1.85. The maximum Gasteiger partial charge on any atom is 0.303 e. The molecule has 116 valence electrons. The third kappa shape index (κ3) is 6.17. The lowest BCUT2D eigenvalue weighted by atomic mass is 10.2. The van der Waals surface area contributed by atoms with Crippen molar-refractivity contribution in [2.75, 3.05) is 26.2 Å². The van der Waals surface area contributed by atoms with E-state index in [0.717, 1.165) is 25.4 Å². The number of esters is 1. The molecule has 0 N–H and O–H groups in total. The quantitative estimate of drug-likeness (QED) is 0.756. The van der Waals surface area contributed by atoms with Gasteiger partial charge < -0.3 is 9.47 Å². The molecule has 1 aromatic rings. The zero-order valence-electron chi connectivity index (χ0n) is 12.8. The van der Waals surface area contributed by atoms with Gasteiger partial charge in [0.2, 0.25) is 0 Å². The highest BCUT2D eigenvalue weighted by Gasteiger charge is 2.19. The minimum Gasteiger partial charge on any atom is -0.490 e. The van der Waals surface area contributed by atoms with E-state index in [4.69, 9.17) is 9.47 Å². The van der Waals surface area contributed by atoms with Gasteiger partial charge in [0.25, 0.3) is 0 Å². The molecule has 0 bridgehead atoms. The standard InChI is InChI=1S/C17H25NO3/c1-15(19)21-17(13-18-11-7-2-3-8-12-18)14-20-16-9-5-4-6-10-16/h4-6,9-10,17H,2-3,7-8,11-14H2,1H3. The van der Waals surface area contributed by atoms with Crippen LogP contribution in [0.1, 0.15) is 32.6 Å². The van der Waals surface area contributed by atoms with Crippen molar-refractivity contribution in [3.05, 3.63) is 30.3 Å². The number of ether oxygens (including phenoxy) is 2. The van der Waals surface area contributed by atoms with E-state index >= 15 is 0 Å². The van der Waals surface area contributed by atoms with Gasteiger partial charge >= 0.3 is 5.97 Å². The molecule has 0 aromatic heterocycles. The van der Waals surface area contributed by atoms with Crippen molar-refractivity contribution < 1.29 is 14.3 Å². The number of nitrogens with zero attached hydrogens (tertiary/aromatic N) is 1. The SMILES string of the molecule is CC(=O)OC(COc1ccccc1)CN1CCCCCC1. The van der Waals surface area contributed by atoms with Crippen LogP contribution < -0.4 is 4.74 Å². The number of benzene rings is 1. The van der Waals surface area contributed by atoms with E-state index in [-0.39, 0.29) is 12.1 Å². The highest BCUT2D eigenvalue weighted by molar-refractivity contribution is 5.66. The number of carbonyl (C=O) groups excluding carboxylic acids is 1. The first-order valence-corrected chi connectivity index (χ1v) is 7.81. The second kappa shape index (κ2) is 8.67. The number of para-hydroxylation sites is 1. The summed E-state index contributed by atoms with van der Waals surface area (Å²) in [6.07, 6.45) is 4.85.